The van der Waals surface area contributed by atoms with Crippen LogP contribution in [0.1, 0.15) is 5.56 Å². The molecule has 3 rings (SSSR count). The van der Waals surface area contributed by atoms with Crippen LogP contribution in [0.3, 0.4) is 0 Å². The van der Waals surface area contributed by atoms with Gasteiger partial charge in [-0.25, -0.2) is 5.48 Å². The molecule has 3 nitrogen and oxygen atoms in total. The van der Waals surface area contributed by atoms with E-state index in [1.807, 2.05) is 84.9 Å². The Labute approximate surface area is 130 Å². The van der Waals surface area contributed by atoms with E-state index < -0.39 is 0 Å². The fourth-order valence-electron chi connectivity index (χ4n) is 2.01. The van der Waals surface area contributed by atoms with Gasteiger partial charge >= 0.3 is 0 Å². The second-order valence-corrected chi connectivity index (χ2v) is 4.79. The highest BCUT2D eigenvalue weighted by Crippen LogP contribution is 2.27. The Morgan fingerprint density at radius 2 is 1.23 bits per heavy atom. The molecule has 1 N–H and O–H groups in total. The number of para-hydroxylation sites is 3. The van der Waals surface area contributed by atoms with Gasteiger partial charge < -0.3 is 9.57 Å². The lowest BCUT2D eigenvalue weighted by molar-refractivity contribution is 0.283. The Balaban J connectivity index is 1.65. The van der Waals surface area contributed by atoms with E-state index in [1.54, 1.807) is 0 Å². The molecule has 0 aliphatic rings. The number of rotatable bonds is 6. The molecule has 0 spiro atoms. The maximum absolute atomic E-state index is 5.85. The predicted molar refractivity (Wildman–Crippen MR) is 87.9 cm³/mol. The molecule has 110 valence electrons. The van der Waals surface area contributed by atoms with Crippen LogP contribution < -0.4 is 15.1 Å². The minimum Gasteiger partial charge on any atom is -0.485 e. The van der Waals surface area contributed by atoms with E-state index in [-0.39, 0.29) is 0 Å². The minimum atomic E-state index is 0.506. The van der Waals surface area contributed by atoms with Crippen molar-refractivity contribution in [2.45, 2.75) is 6.61 Å². The third-order valence-corrected chi connectivity index (χ3v) is 3.14. The standard InChI is InChI=1S/C19H17NO2/c1-3-9-16(10-4-1)15-21-18-13-7-8-14-19(18)22-20-17-11-5-2-6-12-17/h1-14,20H,15H2. The van der Waals surface area contributed by atoms with Crippen LogP contribution in [0.5, 0.6) is 11.5 Å². The van der Waals surface area contributed by atoms with E-state index in [0.717, 1.165) is 11.3 Å². The Kier molecular flexibility index (Phi) is 4.57. The van der Waals surface area contributed by atoms with Gasteiger partial charge in [0, 0.05) is 0 Å². The summed E-state index contributed by atoms with van der Waals surface area (Å²) in [4.78, 5) is 5.64. The Morgan fingerprint density at radius 3 is 1.95 bits per heavy atom. The third kappa shape index (κ3) is 3.79. The zero-order chi connectivity index (χ0) is 15.0. The molecule has 0 saturated heterocycles. The van der Waals surface area contributed by atoms with Gasteiger partial charge in [-0.2, -0.15) is 0 Å². The number of ether oxygens (including phenoxy) is 1. The van der Waals surface area contributed by atoms with E-state index in [0.29, 0.717) is 18.1 Å². The number of benzene rings is 3. The molecule has 3 aromatic carbocycles. The maximum atomic E-state index is 5.85. The first-order chi connectivity index (χ1) is 10.9. The third-order valence-electron chi connectivity index (χ3n) is 3.14. The number of hydrogen-bond donors (Lipinski definition) is 1. The van der Waals surface area contributed by atoms with Gasteiger partial charge in [-0.15, -0.1) is 0 Å². The van der Waals surface area contributed by atoms with Crippen molar-refractivity contribution in [1.29, 1.82) is 0 Å². The highest BCUT2D eigenvalue weighted by atomic mass is 16.7. The van der Waals surface area contributed by atoms with E-state index >= 15 is 0 Å². The fraction of sp³-hybridized carbons (Fsp3) is 0.0526. The van der Waals surface area contributed by atoms with Crippen LogP contribution in [0.2, 0.25) is 0 Å². The van der Waals surface area contributed by atoms with Crippen molar-refractivity contribution in [2.24, 2.45) is 0 Å². The summed E-state index contributed by atoms with van der Waals surface area (Å²) in [5.74, 6) is 1.36. The molecule has 0 fully saturated rings. The molecule has 0 amide bonds. The van der Waals surface area contributed by atoms with Crippen LogP contribution in [0.4, 0.5) is 5.69 Å². The van der Waals surface area contributed by atoms with Crippen molar-refractivity contribution < 1.29 is 9.57 Å². The first-order valence-electron chi connectivity index (χ1n) is 7.15. The molecule has 0 aliphatic carbocycles. The van der Waals surface area contributed by atoms with Crippen LogP contribution in [0.25, 0.3) is 0 Å². The summed E-state index contributed by atoms with van der Waals surface area (Å²) >= 11 is 0. The first-order valence-corrected chi connectivity index (χ1v) is 7.15. The molecule has 0 saturated carbocycles. The molecular weight excluding hydrogens is 274 g/mol. The van der Waals surface area contributed by atoms with Crippen molar-refractivity contribution in [3.05, 3.63) is 90.5 Å². The van der Waals surface area contributed by atoms with Gasteiger partial charge in [0.15, 0.2) is 11.5 Å². The molecule has 0 atom stereocenters. The summed E-state index contributed by atoms with van der Waals surface area (Å²) in [5.41, 5.74) is 4.93. The van der Waals surface area contributed by atoms with Crippen molar-refractivity contribution in [2.75, 3.05) is 5.48 Å². The Bertz CT molecular complexity index is 636. The van der Waals surface area contributed by atoms with Crippen molar-refractivity contribution in [1.82, 2.24) is 0 Å². The molecule has 0 radical (unpaired) electrons. The zero-order valence-corrected chi connectivity index (χ0v) is 12.1. The van der Waals surface area contributed by atoms with Crippen LogP contribution in [0, 0.1) is 0 Å². The topological polar surface area (TPSA) is 30.5 Å². The average Bonchev–Trinajstić information content (AvgIpc) is 2.61. The zero-order valence-electron chi connectivity index (χ0n) is 12.1. The molecule has 0 heterocycles. The number of nitrogens with one attached hydrogen (secondary N) is 1. The van der Waals surface area contributed by atoms with Crippen LogP contribution in [-0.4, -0.2) is 0 Å². The Morgan fingerprint density at radius 1 is 0.636 bits per heavy atom. The first kappa shape index (κ1) is 14.0. The molecular formula is C19H17NO2. The molecule has 3 heteroatoms. The monoisotopic (exact) mass is 291 g/mol. The van der Waals surface area contributed by atoms with Gasteiger partial charge in [0.2, 0.25) is 0 Å². The van der Waals surface area contributed by atoms with Crippen molar-refractivity contribution in [3.63, 3.8) is 0 Å². The van der Waals surface area contributed by atoms with E-state index in [2.05, 4.69) is 5.48 Å². The van der Waals surface area contributed by atoms with E-state index in [4.69, 9.17) is 9.57 Å². The average molecular weight is 291 g/mol. The lowest BCUT2D eigenvalue weighted by Gasteiger charge is -2.13. The predicted octanol–water partition coefficient (Wildman–Crippen LogP) is 4.67. The minimum absolute atomic E-state index is 0.506. The summed E-state index contributed by atoms with van der Waals surface area (Å²) in [6.07, 6.45) is 0. The van der Waals surface area contributed by atoms with Gasteiger partial charge in [0.1, 0.15) is 6.61 Å². The fourth-order valence-corrected chi connectivity index (χ4v) is 2.01. The number of anilines is 1. The molecule has 0 aromatic heterocycles. The SMILES string of the molecule is c1ccc(COc2ccccc2ONc2ccccc2)cc1. The highest BCUT2D eigenvalue weighted by Gasteiger charge is 2.05. The summed E-state index contributed by atoms with van der Waals surface area (Å²) < 4.78 is 5.85. The van der Waals surface area contributed by atoms with Gasteiger partial charge in [-0.1, -0.05) is 60.7 Å². The molecule has 0 aliphatic heterocycles. The normalized spacial score (nSPS) is 10.0. The van der Waals surface area contributed by atoms with Gasteiger partial charge in [0.05, 0.1) is 5.69 Å². The highest BCUT2D eigenvalue weighted by molar-refractivity contribution is 5.44. The summed E-state index contributed by atoms with van der Waals surface area (Å²) in [5, 5.41) is 0. The number of hydrogen-bond acceptors (Lipinski definition) is 3. The summed E-state index contributed by atoms with van der Waals surface area (Å²) in [7, 11) is 0. The maximum Gasteiger partial charge on any atom is 0.196 e. The quantitative estimate of drug-likeness (QED) is 0.669. The largest absolute Gasteiger partial charge is 0.485 e. The van der Waals surface area contributed by atoms with Crippen LogP contribution >= 0.6 is 0 Å². The van der Waals surface area contributed by atoms with Gasteiger partial charge in [0.25, 0.3) is 0 Å². The van der Waals surface area contributed by atoms with Crippen LogP contribution in [-0.2, 0) is 6.61 Å². The van der Waals surface area contributed by atoms with Gasteiger partial charge in [-0.3, -0.25) is 0 Å². The lowest BCUT2D eigenvalue weighted by atomic mass is 10.2. The lowest BCUT2D eigenvalue weighted by Crippen LogP contribution is -2.06. The van der Waals surface area contributed by atoms with Gasteiger partial charge in [-0.05, 0) is 29.8 Å². The van der Waals surface area contributed by atoms with E-state index in [1.165, 1.54) is 0 Å². The van der Waals surface area contributed by atoms with E-state index in [9.17, 15) is 0 Å². The second kappa shape index (κ2) is 7.18. The molecule has 0 unspecified atom stereocenters. The summed E-state index contributed by atoms with van der Waals surface area (Å²) in [6.45, 7) is 0.506. The van der Waals surface area contributed by atoms with Crippen molar-refractivity contribution >= 4 is 5.69 Å². The molecule has 22 heavy (non-hydrogen) atoms. The van der Waals surface area contributed by atoms with Crippen molar-refractivity contribution in [3.8, 4) is 11.5 Å². The molecule has 0 bridgehead atoms. The Hall–Kier alpha value is -2.94. The summed E-state index contributed by atoms with van der Waals surface area (Å²) in [6, 6.07) is 27.4. The smallest absolute Gasteiger partial charge is 0.196 e. The second-order valence-electron chi connectivity index (χ2n) is 4.79. The molecule has 3 aromatic rings. The van der Waals surface area contributed by atoms with Crippen LogP contribution in [0.15, 0.2) is 84.9 Å².